The van der Waals surface area contributed by atoms with Crippen molar-refractivity contribution in [3.8, 4) is 0 Å². The predicted molar refractivity (Wildman–Crippen MR) is 44.2 cm³/mol. The number of rotatable bonds is 6. The van der Waals surface area contributed by atoms with Gasteiger partial charge in [0.1, 0.15) is 0 Å². The van der Waals surface area contributed by atoms with Crippen LogP contribution in [0.3, 0.4) is 0 Å². The fourth-order valence-electron chi connectivity index (χ4n) is 0.849. The van der Waals surface area contributed by atoms with E-state index in [0.29, 0.717) is 13.1 Å². The van der Waals surface area contributed by atoms with Crippen LogP contribution in [0.2, 0.25) is 0 Å². The maximum Gasteiger partial charge on any atom is 0.466 e. The molecule has 0 aromatic rings. The van der Waals surface area contributed by atoms with E-state index in [-0.39, 0.29) is 0 Å². The lowest BCUT2D eigenvalue weighted by Crippen LogP contribution is -2.33. The molecular weight excluding hydrogens is 145 g/mol. The van der Waals surface area contributed by atoms with Crippen molar-refractivity contribution < 1.29 is 14.8 Å². The summed E-state index contributed by atoms with van der Waals surface area (Å²) in [6.45, 7) is 1.54. The van der Waals surface area contributed by atoms with E-state index in [4.69, 9.17) is 14.8 Å². The topological polar surface area (TPSA) is 52.9 Å². The summed E-state index contributed by atoms with van der Waals surface area (Å²) in [6.07, 6.45) is 1.21. The third kappa shape index (κ3) is 7.81. The molecule has 66 valence electrons. The summed E-state index contributed by atoms with van der Waals surface area (Å²) in [7, 11) is 2.26. The third-order valence-electron chi connectivity index (χ3n) is 1.36. The second kappa shape index (κ2) is 6.60. The minimum atomic E-state index is -1.23. The van der Waals surface area contributed by atoms with Crippen LogP contribution in [-0.2, 0) is 4.74 Å². The van der Waals surface area contributed by atoms with Crippen molar-refractivity contribution in [3.63, 3.8) is 0 Å². The van der Waals surface area contributed by atoms with Gasteiger partial charge in [-0.3, -0.25) is 0 Å². The summed E-state index contributed by atoms with van der Waals surface area (Å²) in [5, 5.41) is 17.1. The van der Waals surface area contributed by atoms with Crippen LogP contribution in [-0.4, -0.2) is 55.8 Å². The van der Waals surface area contributed by atoms with Gasteiger partial charge in [-0.1, -0.05) is 0 Å². The maximum atomic E-state index is 8.56. The fourth-order valence-corrected chi connectivity index (χ4v) is 0.849. The van der Waals surface area contributed by atoms with Crippen molar-refractivity contribution in [1.29, 1.82) is 0 Å². The largest absolute Gasteiger partial charge is 0.466 e. The Hall–Kier alpha value is -0.0951. The number of hydrogen-bond donors (Lipinski definition) is 2. The van der Waals surface area contributed by atoms with Gasteiger partial charge in [0.25, 0.3) is 0 Å². The van der Waals surface area contributed by atoms with E-state index in [0.717, 1.165) is 13.0 Å². The average molecular weight is 161 g/mol. The van der Waals surface area contributed by atoms with Crippen LogP contribution in [0.5, 0.6) is 0 Å². The maximum absolute atomic E-state index is 8.56. The molecule has 0 bridgehead atoms. The van der Waals surface area contributed by atoms with E-state index >= 15 is 0 Å². The van der Waals surface area contributed by atoms with Crippen LogP contribution in [0.15, 0.2) is 0 Å². The second-order valence-electron chi connectivity index (χ2n) is 2.59. The Labute approximate surface area is 67.9 Å². The Morgan fingerprint density at radius 3 is 2.55 bits per heavy atom. The lowest BCUT2D eigenvalue weighted by molar-refractivity contribution is 0.181. The molecule has 0 unspecified atom stereocenters. The molecule has 0 aromatic heterocycles. The van der Waals surface area contributed by atoms with Crippen LogP contribution in [0, 0.1) is 0 Å². The first-order chi connectivity index (χ1) is 5.16. The summed E-state index contributed by atoms with van der Waals surface area (Å²) in [4.78, 5) is 1.85. The summed E-state index contributed by atoms with van der Waals surface area (Å²) in [6, 6.07) is 0. The van der Waals surface area contributed by atoms with Gasteiger partial charge in [0, 0.05) is 20.2 Å². The SMILES string of the molecule is COCCCN(C)CB(O)O. The number of ether oxygens (including phenoxy) is 1. The van der Waals surface area contributed by atoms with Gasteiger partial charge in [-0.25, -0.2) is 0 Å². The summed E-state index contributed by atoms with van der Waals surface area (Å²) < 4.78 is 4.85. The van der Waals surface area contributed by atoms with Gasteiger partial charge >= 0.3 is 7.12 Å². The first-order valence-electron chi connectivity index (χ1n) is 3.70. The lowest BCUT2D eigenvalue weighted by Gasteiger charge is -2.14. The molecule has 4 nitrogen and oxygen atoms in total. The fraction of sp³-hybridized carbons (Fsp3) is 1.00. The molecule has 0 aromatic carbocycles. The summed E-state index contributed by atoms with van der Waals surface area (Å²) >= 11 is 0. The average Bonchev–Trinajstić information content (AvgIpc) is 1.86. The minimum Gasteiger partial charge on any atom is -0.426 e. The van der Waals surface area contributed by atoms with Crippen molar-refractivity contribution in [3.05, 3.63) is 0 Å². The number of methoxy groups -OCH3 is 1. The van der Waals surface area contributed by atoms with Crippen molar-refractivity contribution in [2.24, 2.45) is 0 Å². The molecule has 2 N–H and O–H groups in total. The lowest BCUT2D eigenvalue weighted by atomic mass is 9.91. The second-order valence-corrected chi connectivity index (χ2v) is 2.59. The van der Waals surface area contributed by atoms with Gasteiger partial charge in [0.05, 0.1) is 0 Å². The molecule has 0 rings (SSSR count). The molecule has 11 heavy (non-hydrogen) atoms. The standard InChI is InChI=1S/C6H16BNO3/c1-8(6-7(9)10)4-3-5-11-2/h9-10H,3-6H2,1-2H3. The van der Waals surface area contributed by atoms with Gasteiger partial charge in [-0.05, 0) is 20.0 Å². The highest BCUT2D eigenvalue weighted by molar-refractivity contribution is 6.41. The Kier molecular flexibility index (Phi) is 6.55. The number of hydrogen-bond acceptors (Lipinski definition) is 4. The molecule has 0 saturated carbocycles. The van der Waals surface area contributed by atoms with E-state index < -0.39 is 7.12 Å². The monoisotopic (exact) mass is 161 g/mol. The summed E-state index contributed by atoms with van der Waals surface area (Å²) in [5.41, 5.74) is 0. The predicted octanol–water partition coefficient (Wildman–Crippen LogP) is -1.03. The zero-order chi connectivity index (χ0) is 8.69. The van der Waals surface area contributed by atoms with Crippen molar-refractivity contribution in [2.75, 3.05) is 33.8 Å². The quantitative estimate of drug-likeness (QED) is 0.386. The molecule has 0 atom stereocenters. The summed E-state index contributed by atoms with van der Waals surface area (Å²) in [5.74, 6) is 0. The molecular formula is C6H16BNO3. The molecule has 0 heterocycles. The van der Waals surface area contributed by atoms with Gasteiger partial charge in [0.2, 0.25) is 0 Å². The van der Waals surface area contributed by atoms with Crippen LogP contribution >= 0.6 is 0 Å². The van der Waals surface area contributed by atoms with Gasteiger partial charge in [-0.15, -0.1) is 0 Å². The van der Waals surface area contributed by atoms with Gasteiger partial charge in [-0.2, -0.15) is 0 Å². The van der Waals surface area contributed by atoms with E-state index in [9.17, 15) is 0 Å². The van der Waals surface area contributed by atoms with Crippen molar-refractivity contribution >= 4 is 7.12 Å². The molecule has 0 saturated heterocycles. The highest BCUT2D eigenvalue weighted by atomic mass is 16.5. The molecule has 0 aliphatic heterocycles. The van der Waals surface area contributed by atoms with Crippen LogP contribution < -0.4 is 0 Å². The molecule has 0 spiro atoms. The molecule has 0 aliphatic carbocycles. The molecule has 5 heteroatoms. The highest BCUT2D eigenvalue weighted by Gasteiger charge is 2.09. The van der Waals surface area contributed by atoms with Crippen LogP contribution in [0.4, 0.5) is 0 Å². The zero-order valence-corrected chi connectivity index (χ0v) is 7.16. The Balaban J connectivity index is 3.15. The van der Waals surface area contributed by atoms with Crippen LogP contribution in [0.25, 0.3) is 0 Å². The van der Waals surface area contributed by atoms with E-state index in [1.54, 1.807) is 7.11 Å². The van der Waals surface area contributed by atoms with Gasteiger partial charge < -0.3 is 19.7 Å². The normalized spacial score (nSPS) is 10.6. The van der Waals surface area contributed by atoms with E-state index in [1.807, 2.05) is 11.9 Å². The molecule has 0 radical (unpaired) electrons. The highest BCUT2D eigenvalue weighted by Crippen LogP contribution is 1.87. The molecule has 0 amide bonds. The van der Waals surface area contributed by atoms with Crippen LogP contribution in [0.1, 0.15) is 6.42 Å². The Morgan fingerprint density at radius 2 is 2.09 bits per heavy atom. The molecule has 0 aliphatic rings. The van der Waals surface area contributed by atoms with Crippen molar-refractivity contribution in [1.82, 2.24) is 4.90 Å². The van der Waals surface area contributed by atoms with Crippen molar-refractivity contribution in [2.45, 2.75) is 6.42 Å². The molecule has 0 fully saturated rings. The van der Waals surface area contributed by atoms with E-state index in [2.05, 4.69) is 0 Å². The minimum absolute atomic E-state index is 0.295. The number of nitrogens with zero attached hydrogens (tertiary/aromatic N) is 1. The third-order valence-corrected chi connectivity index (χ3v) is 1.36. The zero-order valence-electron chi connectivity index (χ0n) is 7.16. The first kappa shape index (κ1) is 10.9. The Bertz CT molecular complexity index is 91.9. The smallest absolute Gasteiger partial charge is 0.426 e. The van der Waals surface area contributed by atoms with Gasteiger partial charge in [0.15, 0.2) is 0 Å². The van der Waals surface area contributed by atoms with E-state index in [1.165, 1.54) is 0 Å². The first-order valence-corrected chi connectivity index (χ1v) is 3.70. The Morgan fingerprint density at radius 1 is 1.45 bits per heavy atom.